The Kier molecular flexibility index (Phi) is 7.86. The van der Waals surface area contributed by atoms with E-state index in [-0.39, 0.29) is 5.97 Å². The van der Waals surface area contributed by atoms with Gasteiger partial charge in [-0.05, 0) is 28.3 Å². The monoisotopic (exact) mass is 262 g/mol. The zero-order valence-electron chi connectivity index (χ0n) is 9.01. The maximum atomic E-state index is 11.1. The zero-order valence-corrected chi connectivity index (χ0v) is 10.6. The van der Waals surface area contributed by atoms with Gasteiger partial charge in [-0.15, -0.1) is 0 Å². The van der Waals surface area contributed by atoms with Crippen molar-refractivity contribution in [3.8, 4) is 0 Å². The van der Waals surface area contributed by atoms with Crippen LogP contribution in [-0.4, -0.2) is 12.6 Å². The van der Waals surface area contributed by atoms with Gasteiger partial charge in [-0.3, -0.25) is 0 Å². The van der Waals surface area contributed by atoms with Crippen molar-refractivity contribution < 1.29 is 9.53 Å². The molecule has 1 atom stereocenters. The van der Waals surface area contributed by atoms with Gasteiger partial charge in [0.15, 0.2) is 0 Å². The third-order valence-electron chi connectivity index (χ3n) is 2.21. The van der Waals surface area contributed by atoms with Gasteiger partial charge >= 0.3 is 5.97 Å². The molecule has 0 heterocycles. The van der Waals surface area contributed by atoms with Crippen LogP contribution in [0.25, 0.3) is 0 Å². The maximum Gasteiger partial charge on any atom is 0.344 e. The second kappa shape index (κ2) is 8.04. The number of hydrogen-bond donors (Lipinski definition) is 0. The number of carbonyl (C=O) groups excluding carboxylic acids is 1. The normalized spacial score (nSPS) is 12.2. The molecule has 0 amide bonds. The van der Waals surface area contributed by atoms with Gasteiger partial charge in [0.25, 0.3) is 0 Å². The summed E-state index contributed by atoms with van der Waals surface area (Å²) >= 11 is 3.00. The van der Waals surface area contributed by atoms with E-state index in [1.54, 1.807) is 0 Å². The van der Waals surface area contributed by atoms with E-state index in [9.17, 15) is 4.79 Å². The van der Waals surface area contributed by atoms with Gasteiger partial charge < -0.3 is 4.74 Å². The molecule has 0 fully saturated rings. The molecular formula is C11H19BrO2. The van der Waals surface area contributed by atoms with Crippen molar-refractivity contribution >= 4 is 21.9 Å². The van der Waals surface area contributed by atoms with Crippen molar-refractivity contribution in [1.29, 1.82) is 0 Å². The lowest BCUT2D eigenvalue weighted by Gasteiger charge is -2.14. The van der Waals surface area contributed by atoms with Crippen LogP contribution < -0.4 is 0 Å². The lowest BCUT2D eigenvalue weighted by Crippen LogP contribution is -2.13. The highest BCUT2D eigenvalue weighted by atomic mass is 79.9. The molecule has 82 valence electrons. The van der Waals surface area contributed by atoms with E-state index in [2.05, 4.69) is 36.4 Å². The van der Waals surface area contributed by atoms with Gasteiger partial charge in [0.1, 0.15) is 0 Å². The Morgan fingerprint density at radius 2 is 2.14 bits per heavy atom. The average molecular weight is 263 g/mol. The fourth-order valence-electron chi connectivity index (χ4n) is 1.17. The summed E-state index contributed by atoms with van der Waals surface area (Å²) in [5, 5.41) is 0. The molecule has 0 aliphatic carbocycles. The zero-order chi connectivity index (χ0) is 11.0. The summed E-state index contributed by atoms with van der Waals surface area (Å²) in [6.45, 7) is 8.26. The lowest BCUT2D eigenvalue weighted by molar-refractivity contribution is -0.139. The van der Waals surface area contributed by atoms with Crippen LogP contribution >= 0.6 is 15.9 Å². The van der Waals surface area contributed by atoms with Crippen LogP contribution in [-0.2, 0) is 9.53 Å². The van der Waals surface area contributed by atoms with Gasteiger partial charge in [-0.2, -0.15) is 0 Å². The molecular weight excluding hydrogens is 244 g/mol. The molecule has 0 aromatic carbocycles. The Hall–Kier alpha value is -0.310. The first-order chi connectivity index (χ1) is 6.61. The first-order valence-electron chi connectivity index (χ1n) is 5.13. The maximum absolute atomic E-state index is 11.1. The van der Waals surface area contributed by atoms with Crippen LogP contribution in [0.1, 0.15) is 39.5 Å². The summed E-state index contributed by atoms with van der Waals surface area (Å²) in [5.74, 6) is 0.144. The molecule has 0 N–H and O–H groups in total. The van der Waals surface area contributed by atoms with Crippen LogP contribution in [0.3, 0.4) is 0 Å². The van der Waals surface area contributed by atoms with E-state index >= 15 is 0 Å². The Morgan fingerprint density at radius 3 is 2.57 bits per heavy atom. The Bertz CT molecular complexity index is 190. The number of esters is 1. The second-order valence-electron chi connectivity index (χ2n) is 3.42. The van der Waals surface area contributed by atoms with Crippen molar-refractivity contribution in [1.82, 2.24) is 0 Å². The van der Waals surface area contributed by atoms with Crippen molar-refractivity contribution in [2.75, 3.05) is 6.61 Å². The van der Waals surface area contributed by atoms with Crippen molar-refractivity contribution in [3.63, 3.8) is 0 Å². The summed E-state index contributed by atoms with van der Waals surface area (Å²) in [4.78, 5) is 11.1. The Balaban J connectivity index is 3.71. The van der Waals surface area contributed by atoms with Gasteiger partial charge in [0.05, 0.1) is 11.1 Å². The van der Waals surface area contributed by atoms with Gasteiger partial charge in [0, 0.05) is 0 Å². The number of carbonyl (C=O) groups is 1. The van der Waals surface area contributed by atoms with Gasteiger partial charge in [-0.1, -0.05) is 39.7 Å². The van der Waals surface area contributed by atoms with Crippen LogP contribution in [0.5, 0.6) is 0 Å². The minimum atomic E-state index is -0.347. The summed E-state index contributed by atoms with van der Waals surface area (Å²) < 4.78 is 5.36. The van der Waals surface area contributed by atoms with E-state index in [0.29, 0.717) is 17.0 Å². The third-order valence-corrected chi connectivity index (χ3v) is 2.54. The number of ether oxygens (including phenoxy) is 1. The van der Waals surface area contributed by atoms with E-state index < -0.39 is 0 Å². The summed E-state index contributed by atoms with van der Waals surface area (Å²) in [6.07, 6.45) is 4.58. The lowest BCUT2D eigenvalue weighted by atomic mass is 10.0. The fraction of sp³-hybridized carbons (Fsp3) is 0.727. The molecule has 0 radical (unpaired) electrons. The minimum absolute atomic E-state index is 0.294. The van der Waals surface area contributed by atoms with E-state index in [4.69, 9.17) is 4.74 Å². The molecule has 0 aliphatic heterocycles. The van der Waals surface area contributed by atoms with E-state index in [1.807, 2.05) is 0 Å². The number of hydrogen-bond acceptors (Lipinski definition) is 2. The molecule has 0 spiro atoms. The van der Waals surface area contributed by atoms with Crippen LogP contribution in [0.15, 0.2) is 11.1 Å². The number of unbranched alkanes of at least 4 members (excludes halogenated alkanes) is 1. The quantitative estimate of drug-likeness (QED) is 0.517. The topological polar surface area (TPSA) is 26.3 Å². The molecule has 0 aliphatic rings. The van der Waals surface area contributed by atoms with E-state index in [1.165, 1.54) is 12.8 Å². The molecule has 1 unspecified atom stereocenters. The smallest absolute Gasteiger partial charge is 0.344 e. The predicted molar refractivity (Wildman–Crippen MR) is 62.3 cm³/mol. The van der Waals surface area contributed by atoms with E-state index in [0.717, 1.165) is 12.8 Å². The highest BCUT2D eigenvalue weighted by molar-refractivity contribution is 9.12. The molecule has 0 saturated heterocycles. The number of rotatable bonds is 7. The fourth-order valence-corrected chi connectivity index (χ4v) is 1.28. The van der Waals surface area contributed by atoms with Crippen LogP contribution in [0.4, 0.5) is 0 Å². The standard InChI is InChI=1S/C11H19BrO2/c1-4-6-7-10(5-2)8-14-11(13)9(3)12/h10H,3-8H2,1-2H3. The molecule has 0 saturated carbocycles. The Morgan fingerprint density at radius 1 is 1.50 bits per heavy atom. The second-order valence-corrected chi connectivity index (χ2v) is 4.38. The molecule has 3 heteroatoms. The summed E-state index contributed by atoms with van der Waals surface area (Å²) in [6, 6.07) is 0. The molecule has 0 aromatic rings. The Labute approximate surface area is 94.8 Å². The molecule has 0 aromatic heterocycles. The number of halogens is 1. The molecule has 14 heavy (non-hydrogen) atoms. The molecule has 0 bridgehead atoms. The van der Waals surface area contributed by atoms with Crippen molar-refractivity contribution in [3.05, 3.63) is 11.1 Å². The van der Waals surface area contributed by atoms with Gasteiger partial charge in [-0.25, -0.2) is 4.79 Å². The first kappa shape index (κ1) is 13.7. The third kappa shape index (κ3) is 6.19. The molecule has 0 rings (SSSR count). The van der Waals surface area contributed by atoms with Crippen molar-refractivity contribution in [2.45, 2.75) is 39.5 Å². The molecule has 2 nitrogen and oxygen atoms in total. The predicted octanol–water partition coefficient (Wildman–Crippen LogP) is 3.65. The highest BCUT2D eigenvalue weighted by Gasteiger charge is 2.10. The van der Waals surface area contributed by atoms with Gasteiger partial charge in [0.2, 0.25) is 0 Å². The highest BCUT2D eigenvalue weighted by Crippen LogP contribution is 2.14. The minimum Gasteiger partial charge on any atom is -0.461 e. The summed E-state index contributed by atoms with van der Waals surface area (Å²) in [7, 11) is 0. The SMILES string of the molecule is C=C(Br)C(=O)OCC(CC)CCCC. The first-order valence-corrected chi connectivity index (χ1v) is 5.92. The average Bonchev–Trinajstić information content (AvgIpc) is 2.17. The van der Waals surface area contributed by atoms with Crippen LogP contribution in [0.2, 0.25) is 0 Å². The van der Waals surface area contributed by atoms with Crippen LogP contribution in [0, 0.1) is 5.92 Å². The summed E-state index contributed by atoms with van der Waals surface area (Å²) in [5.41, 5.74) is 0. The largest absolute Gasteiger partial charge is 0.461 e. The van der Waals surface area contributed by atoms with Crippen molar-refractivity contribution in [2.24, 2.45) is 5.92 Å².